The summed E-state index contributed by atoms with van der Waals surface area (Å²) in [6.07, 6.45) is -0.610. The van der Waals surface area contributed by atoms with E-state index in [1.807, 2.05) is 24.3 Å². The summed E-state index contributed by atoms with van der Waals surface area (Å²) in [6, 6.07) is 13.9. The fourth-order valence-corrected chi connectivity index (χ4v) is 3.09. The van der Waals surface area contributed by atoms with Crippen LogP contribution >= 0.6 is 15.9 Å². The van der Waals surface area contributed by atoms with Crippen molar-refractivity contribution < 1.29 is 19.0 Å². The standard InChI is InChI=1S/C19H21BrFNO3/c20-15-3-1-14(2-4-15)19-12-22(9-10-24-19)11-17(23)13-25-18-7-5-16(21)6-8-18/h1-8,17,19,23H,9-13H2. The largest absolute Gasteiger partial charge is 0.491 e. The molecule has 0 amide bonds. The number of hydrogen-bond donors (Lipinski definition) is 1. The van der Waals surface area contributed by atoms with Gasteiger partial charge in [0.2, 0.25) is 0 Å². The first-order valence-electron chi connectivity index (χ1n) is 8.26. The summed E-state index contributed by atoms with van der Waals surface area (Å²) in [5.74, 6) is 0.246. The predicted molar refractivity (Wildman–Crippen MR) is 97.2 cm³/mol. The number of halogens is 2. The lowest BCUT2D eigenvalue weighted by molar-refractivity contribution is -0.0459. The molecule has 1 fully saturated rings. The molecule has 0 aromatic heterocycles. The topological polar surface area (TPSA) is 41.9 Å². The molecule has 134 valence electrons. The Morgan fingerprint density at radius 1 is 1.20 bits per heavy atom. The quantitative estimate of drug-likeness (QED) is 0.793. The molecule has 1 saturated heterocycles. The van der Waals surface area contributed by atoms with Crippen molar-refractivity contribution in [3.63, 3.8) is 0 Å². The van der Waals surface area contributed by atoms with Crippen LogP contribution in [0.15, 0.2) is 53.0 Å². The monoisotopic (exact) mass is 409 g/mol. The van der Waals surface area contributed by atoms with Gasteiger partial charge >= 0.3 is 0 Å². The molecule has 0 aliphatic carbocycles. The van der Waals surface area contributed by atoms with Gasteiger partial charge in [0.25, 0.3) is 0 Å². The van der Waals surface area contributed by atoms with E-state index < -0.39 is 6.10 Å². The van der Waals surface area contributed by atoms with Gasteiger partial charge in [-0.05, 0) is 42.0 Å². The minimum Gasteiger partial charge on any atom is -0.491 e. The van der Waals surface area contributed by atoms with Gasteiger partial charge in [-0.15, -0.1) is 0 Å². The van der Waals surface area contributed by atoms with Crippen LogP contribution in [0.4, 0.5) is 4.39 Å². The second-order valence-corrected chi connectivity index (χ2v) is 7.00. The third-order valence-electron chi connectivity index (χ3n) is 4.12. The summed E-state index contributed by atoms with van der Waals surface area (Å²) in [6.45, 7) is 2.83. The summed E-state index contributed by atoms with van der Waals surface area (Å²) >= 11 is 3.44. The molecular formula is C19H21BrFNO3. The molecule has 3 rings (SSSR count). The van der Waals surface area contributed by atoms with Crippen molar-refractivity contribution in [2.45, 2.75) is 12.2 Å². The maximum Gasteiger partial charge on any atom is 0.123 e. The van der Waals surface area contributed by atoms with Crippen molar-refractivity contribution in [2.24, 2.45) is 0 Å². The van der Waals surface area contributed by atoms with Crippen LogP contribution in [0.1, 0.15) is 11.7 Å². The minimum atomic E-state index is -0.617. The van der Waals surface area contributed by atoms with Gasteiger partial charge in [-0.1, -0.05) is 28.1 Å². The Balaban J connectivity index is 1.48. The van der Waals surface area contributed by atoms with Crippen LogP contribution in [0.2, 0.25) is 0 Å². The highest BCUT2D eigenvalue weighted by Crippen LogP contribution is 2.24. The molecule has 1 N–H and O–H groups in total. The zero-order chi connectivity index (χ0) is 17.6. The number of rotatable bonds is 6. The van der Waals surface area contributed by atoms with Crippen LogP contribution in [0.25, 0.3) is 0 Å². The van der Waals surface area contributed by atoms with E-state index in [0.717, 1.165) is 23.1 Å². The second-order valence-electron chi connectivity index (χ2n) is 6.09. The predicted octanol–water partition coefficient (Wildman–Crippen LogP) is 3.40. The molecule has 25 heavy (non-hydrogen) atoms. The molecule has 0 radical (unpaired) electrons. The number of ether oxygens (including phenoxy) is 2. The highest BCUT2D eigenvalue weighted by molar-refractivity contribution is 9.10. The van der Waals surface area contributed by atoms with E-state index in [-0.39, 0.29) is 18.5 Å². The van der Waals surface area contributed by atoms with Gasteiger partial charge < -0.3 is 14.6 Å². The molecule has 1 heterocycles. The number of β-amino-alcohol motifs (C(OH)–C–C–N with tert-alkyl or cyclic N) is 1. The Morgan fingerprint density at radius 3 is 2.64 bits per heavy atom. The minimum absolute atomic E-state index is 0.00654. The summed E-state index contributed by atoms with van der Waals surface area (Å²) in [5.41, 5.74) is 1.13. The van der Waals surface area contributed by atoms with E-state index in [2.05, 4.69) is 20.8 Å². The van der Waals surface area contributed by atoms with E-state index in [0.29, 0.717) is 18.9 Å². The summed E-state index contributed by atoms with van der Waals surface area (Å²) in [7, 11) is 0. The van der Waals surface area contributed by atoms with Gasteiger partial charge in [0.15, 0.2) is 0 Å². The van der Waals surface area contributed by atoms with Crippen molar-refractivity contribution in [3.8, 4) is 5.75 Å². The molecule has 1 aliphatic heterocycles. The van der Waals surface area contributed by atoms with Crippen LogP contribution in [0, 0.1) is 5.82 Å². The molecule has 0 bridgehead atoms. The van der Waals surface area contributed by atoms with E-state index >= 15 is 0 Å². The van der Waals surface area contributed by atoms with Crippen LogP contribution in [-0.2, 0) is 4.74 Å². The molecule has 2 unspecified atom stereocenters. The van der Waals surface area contributed by atoms with Gasteiger partial charge in [0, 0.05) is 24.1 Å². The first-order chi connectivity index (χ1) is 12.1. The summed E-state index contributed by atoms with van der Waals surface area (Å²) in [5, 5.41) is 10.2. The molecule has 2 aromatic rings. The number of benzene rings is 2. The molecule has 1 aliphatic rings. The highest BCUT2D eigenvalue weighted by atomic mass is 79.9. The van der Waals surface area contributed by atoms with E-state index in [1.165, 1.54) is 12.1 Å². The Kier molecular flexibility index (Phi) is 6.42. The number of aliphatic hydroxyl groups excluding tert-OH is 1. The Hall–Kier alpha value is -1.47. The zero-order valence-corrected chi connectivity index (χ0v) is 15.4. The number of morpholine rings is 1. The fraction of sp³-hybridized carbons (Fsp3) is 0.368. The van der Waals surface area contributed by atoms with Crippen LogP contribution in [-0.4, -0.2) is 49.0 Å². The second kappa shape index (κ2) is 8.76. The lowest BCUT2D eigenvalue weighted by atomic mass is 10.1. The van der Waals surface area contributed by atoms with Crippen molar-refractivity contribution in [1.82, 2.24) is 4.90 Å². The molecular weight excluding hydrogens is 389 g/mol. The Labute approximate surface area is 155 Å². The molecule has 6 heteroatoms. The third-order valence-corrected chi connectivity index (χ3v) is 4.65. The smallest absolute Gasteiger partial charge is 0.123 e. The van der Waals surface area contributed by atoms with Crippen molar-refractivity contribution in [2.75, 3.05) is 32.8 Å². The lowest BCUT2D eigenvalue weighted by Crippen LogP contribution is -2.43. The Morgan fingerprint density at radius 2 is 1.92 bits per heavy atom. The molecule has 2 aromatic carbocycles. The SMILES string of the molecule is OC(COc1ccc(F)cc1)CN1CCOC(c2ccc(Br)cc2)C1. The lowest BCUT2D eigenvalue weighted by Gasteiger charge is -2.34. The molecule has 0 spiro atoms. The average Bonchev–Trinajstić information content (AvgIpc) is 2.62. The maximum absolute atomic E-state index is 12.9. The first-order valence-corrected chi connectivity index (χ1v) is 9.05. The van der Waals surface area contributed by atoms with Crippen LogP contribution < -0.4 is 4.74 Å². The average molecular weight is 410 g/mol. The number of aliphatic hydroxyl groups is 1. The van der Waals surface area contributed by atoms with Crippen molar-refractivity contribution >= 4 is 15.9 Å². The van der Waals surface area contributed by atoms with Crippen molar-refractivity contribution in [3.05, 3.63) is 64.4 Å². The molecule has 0 saturated carbocycles. The molecule has 2 atom stereocenters. The Bertz CT molecular complexity index is 665. The van der Waals surface area contributed by atoms with Crippen LogP contribution in [0.3, 0.4) is 0 Å². The van der Waals surface area contributed by atoms with E-state index in [9.17, 15) is 9.50 Å². The summed E-state index contributed by atoms with van der Waals surface area (Å²) < 4.78 is 25.3. The first kappa shape index (κ1) is 18.3. The number of hydrogen-bond acceptors (Lipinski definition) is 4. The van der Waals surface area contributed by atoms with Gasteiger partial charge in [-0.2, -0.15) is 0 Å². The van der Waals surface area contributed by atoms with Gasteiger partial charge in [0.1, 0.15) is 24.3 Å². The van der Waals surface area contributed by atoms with Crippen LogP contribution in [0.5, 0.6) is 5.75 Å². The van der Waals surface area contributed by atoms with E-state index in [1.54, 1.807) is 12.1 Å². The summed E-state index contributed by atoms with van der Waals surface area (Å²) in [4.78, 5) is 2.18. The zero-order valence-electron chi connectivity index (χ0n) is 13.8. The van der Waals surface area contributed by atoms with Gasteiger partial charge in [-0.3, -0.25) is 4.90 Å². The normalized spacial score (nSPS) is 19.6. The fourth-order valence-electron chi connectivity index (χ4n) is 2.82. The van der Waals surface area contributed by atoms with Gasteiger partial charge in [0.05, 0.1) is 12.7 Å². The highest BCUT2D eigenvalue weighted by Gasteiger charge is 2.23. The van der Waals surface area contributed by atoms with Gasteiger partial charge in [-0.25, -0.2) is 4.39 Å². The van der Waals surface area contributed by atoms with Crippen molar-refractivity contribution in [1.29, 1.82) is 0 Å². The number of nitrogens with zero attached hydrogens (tertiary/aromatic N) is 1. The third kappa shape index (κ3) is 5.51. The maximum atomic E-state index is 12.9. The van der Waals surface area contributed by atoms with E-state index in [4.69, 9.17) is 9.47 Å². The molecule has 4 nitrogen and oxygen atoms in total.